The average Bonchev–Trinajstić information content (AvgIpc) is 2.99. The normalized spacial score (nSPS) is 22.3. The summed E-state index contributed by atoms with van der Waals surface area (Å²) >= 11 is 5.77. The summed E-state index contributed by atoms with van der Waals surface area (Å²) in [5.41, 5.74) is -0.817. The van der Waals surface area contributed by atoms with E-state index in [0.29, 0.717) is 5.02 Å². The molecule has 1 aromatic heterocycles. The number of nitrogens with one attached hydrogen (secondary N) is 1. The average molecular weight is 468 g/mol. The summed E-state index contributed by atoms with van der Waals surface area (Å²) in [6, 6.07) is 5.80. The van der Waals surface area contributed by atoms with Crippen LogP contribution in [-0.4, -0.2) is 45.7 Å². The molecule has 2 aromatic rings. The summed E-state index contributed by atoms with van der Waals surface area (Å²) in [5, 5.41) is 2.63. The topological polar surface area (TPSA) is 126 Å². The molecule has 170 valence electrons. The highest BCUT2D eigenvalue weighted by Crippen LogP contribution is 2.33. The van der Waals surface area contributed by atoms with Gasteiger partial charge in [-0.05, 0) is 31.2 Å². The zero-order chi connectivity index (χ0) is 23.6. The Morgan fingerprint density at radius 2 is 1.72 bits per heavy atom. The van der Waals surface area contributed by atoms with Gasteiger partial charge < -0.3 is 19.5 Å². The van der Waals surface area contributed by atoms with Crippen molar-refractivity contribution in [2.75, 3.05) is 5.32 Å². The zero-order valence-corrected chi connectivity index (χ0v) is 18.0. The Kier molecular flexibility index (Phi) is 6.90. The quantitative estimate of drug-likeness (QED) is 0.662. The second-order valence-corrected chi connectivity index (χ2v) is 7.40. The van der Waals surface area contributed by atoms with E-state index < -0.39 is 59.7 Å². The monoisotopic (exact) mass is 467 g/mol. The van der Waals surface area contributed by atoms with Crippen LogP contribution in [0.1, 0.15) is 37.4 Å². The van der Waals surface area contributed by atoms with Crippen molar-refractivity contribution in [3.05, 3.63) is 57.3 Å². The lowest BCUT2D eigenvalue weighted by molar-refractivity contribution is -0.165. The van der Waals surface area contributed by atoms with Crippen LogP contribution in [0.5, 0.6) is 0 Å². The minimum Gasteiger partial charge on any atom is -0.456 e. The van der Waals surface area contributed by atoms with Crippen LogP contribution in [0.2, 0.25) is 5.02 Å². The summed E-state index contributed by atoms with van der Waals surface area (Å²) in [5.74, 6) is -3.72. The third kappa shape index (κ3) is 5.11. The highest BCUT2D eigenvalue weighted by Gasteiger charge is 2.48. The number of amides is 1. The van der Waals surface area contributed by atoms with Crippen LogP contribution in [0.25, 0.3) is 0 Å². The standard InChI is InChI=1S/C20H19ClFN3O7/c1-9-15(31-10(2)26)16(32-11(3)27)19(30-9)25-8-14(22)17(24-20(25)29)23-18(28)12-4-6-13(21)7-5-12/h4-9,15-16,19H,1-3H3,(H,23,24,28,29)/t9-,15?,16?,19-/m1/s1. The summed E-state index contributed by atoms with van der Waals surface area (Å²) in [6.07, 6.45) is -3.57. The van der Waals surface area contributed by atoms with Crippen molar-refractivity contribution in [3.8, 4) is 0 Å². The van der Waals surface area contributed by atoms with Gasteiger partial charge in [0.2, 0.25) is 0 Å². The van der Waals surface area contributed by atoms with E-state index in [2.05, 4.69) is 10.3 Å². The van der Waals surface area contributed by atoms with Crippen molar-refractivity contribution in [3.63, 3.8) is 0 Å². The first-order valence-corrected chi connectivity index (χ1v) is 9.80. The number of halogens is 2. The highest BCUT2D eigenvalue weighted by atomic mass is 35.5. The SMILES string of the molecule is CC(=O)OC1C(OC(C)=O)[C@@H](C)O[C@H]1n1cc(F)c(NC(=O)c2ccc(Cl)cc2)nc1=O. The summed E-state index contributed by atoms with van der Waals surface area (Å²) in [7, 11) is 0. The first-order valence-electron chi connectivity index (χ1n) is 9.42. The molecule has 2 unspecified atom stereocenters. The Labute approximate surface area is 186 Å². The van der Waals surface area contributed by atoms with Gasteiger partial charge in [0, 0.05) is 24.4 Å². The molecule has 0 bridgehead atoms. The minimum absolute atomic E-state index is 0.173. The Morgan fingerprint density at radius 3 is 2.31 bits per heavy atom. The molecule has 32 heavy (non-hydrogen) atoms. The van der Waals surface area contributed by atoms with Gasteiger partial charge in [-0.3, -0.25) is 19.0 Å². The predicted molar refractivity (Wildman–Crippen MR) is 109 cm³/mol. The van der Waals surface area contributed by atoms with Crippen molar-refractivity contribution >= 4 is 35.3 Å². The van der Waals surface area contributed by atoms with E-state index in [1.54, 1.807) is 6.92 Å². The smallest absolute Gasteiger partial charge is 0.351 e. The first-order chi connectivity index (χ1) is 15.1. The Bertz CT molecular complexity index is 1110. The molecule has 1 N–H and O–H groups in total. The van der Waals surface area contributed by atoms with E-state index in [1.165, 1.54) is 24.3 Å². The fourth-order valence-electron chi connectivity index (χ4n) is 3.20. The van der Waals surface area contributed by atoms with Crippen LogP contribution >= 0.6 is 11.6 Å². The molecule has 0 spiro atoms. The Morgan fingerprint density at radius 1 is 1.12 bits per heavy atom. The van der Waals surface area contributed by atoms with E-state index in [1.807, 2.05) is 0 Å². The van der Waals surface area contributed by atoms with E-state index >= 15 is 0 Å². The molecule has 12 heteroatoms. The maximum Gasteiger partial charge on any atom is 0.351 e. The van der Waals surface area contributed by atoms with Gasteiger partial charge in [0.25, 0.3) is 5.91 Å². The van der Waals surface area contributed by atoms with Gasteiger partial charge in [-0.15, -0.1) is 0 Å². The molecule has 1 saturated heterocycles. The molecule has 1 aromatic carbocycles. The van der Waals surface area contributed by atoms with Crippen LogP contribution in [0.3, 0.4) is 0 Å². The van der Waals surface area contributed by atoms with Crippen molar-refractivity contribution in [1.29, 1.82) is 0 Å². The Balaban J connectivity index is 1.89. The third-order valence-electron chi connectivity index (χ3n) is 4.55. The lowest BCUT2D eigenvalue weighted by atomic mass is 10.1. The zero-order valence-electron chi connectivity index (χ0n) is 17.2. The molecule has 1 aliphatic heterocycles. The largest absolute Gasteiger partial charge is 0.456 e. The van der Waals surface area contributed by atoms with E-state index in [0.717, 1.165) is 24.6 Å². The molecular weight excluding hydrogens is 449 g/mol. The fourth-order valence-corrected chi connectivity index (χ4v) is 3.32. The van der Waals surface area contributed by atoms with Crippen molar-refractivity contribution < 1.29 is 33.0 Å². The summed E-state index contributed by atoms with van der Waals surface area (Å²) < 4.78 is 31.4. The second kappa shape index (κ2) is 9.45. The minimum atomic E-state index is -1.31. The number of rotatable bonds is 5. The van der Waals surface area contributed by atoms with Crippen LogP contribution in [-0.2, 0) is 23.8 Å². The van der Waals surface area contributed by atoms with Crippen molar-refractivity contribution in [1.82, 2.24) is 9.55 Å². The molecule has 0 saturated carbocycles. The number of anilines is 1. The molecule has 1 aliphatic rings. The van der Waals surface area contributed by atoms with Gasteiger partial charge in [-0.2, -0.15) is 4.98 Å². The van der Waals surface area contributed by atoms with Crippen molar-refractivity contribution in [2.24, 2.45) is 0 Å². The molecule has 1 amide bonds. The number of benzene rings is 1. The summed E-state index contributed by atoms with van der Waals surface area (Å²) in [4.78, 5) is 51.4. The maximum absolute atomic E-state index is 14.7. The van der Waals surface area contributed by atoms with Crippen molar-refractivity contribution in [2.45, 2.75) is 45.3 Å². The van der Waals surface area contributed by atoms with Gasteiger partial charge in [-0.1, -0.05) is 11.6 Å². The van der Waals surface area contributed by atoms with Gasteiger partial charge >= 0.3 is 17.6 Å². The number of hydrogen-bond donors (Lipinski definition) is 1. The van der Waals surface area contributed by atoms with Crippen LogP contribution in [0, 0.1) is 5.82 Å². The molecule has 3 rings (SSSR count). The summed E-state index contributed by atoms with van der Waals surface area (Å²) in [6.45, 7) is 3.83. The highest BCUT2D eigenvalue weighted by molar-refractivity contribution is 6.30. The second-order valence-electron chi connectivity index (χ2n) is 6.97. The molecule has 10 nitrogen and oxygen atoms in total. The molecule has 0 aliphatic carbocycles. The number of aromatic nitrogens is 2. The van der Waals surface area contributed by atoms with Crippen LogP contribution < -0.4 is 11.0 Å². The molecule has 0 radical (unpaired) electrons. The number of esters is 2. The fraction of sp³-hybridized carbons (Fsp3) is 0.350. The number of hydrogen-bond acceptors (Lipinski definition) is 8. The van der Waals surface area contributed by atoms with Crippen LogP contribution in [0.15, 0.2) is 35.3 Å². The molecular formula is C20H19ClFN3O7. The van der Waals surface area contributed by atoms with E-state index in [-0.39, 0.29) is 5.56 Å². The van der Waals surface area contributed by atoms with Gasteiger partial charge in [-0.25, -0.2) is 9.18 Å². The number of nitrogens with zero attached hydrogens (tertiary/aromatic N) is 2. The van der Waals surface area contributed by atoms with E-state index in [4.69, 9.17) is 25.8 Å². The first kappa shape index (κ1) is 23.4. The third-order valence-corrected chi connectivity index (χ3v) is 4.80. The van der Waals surface area contributed by atoms with Gasteiger partial charge in [0.1, 0.15) is 0 Å². The molecule has 4 atom stereocenters. The van der Waals surface area contributed by atoms with Gasteiger partial charge in [0.05, 0.1) is 12.3 Å². The number of ether oxygens (including phenoxy) is 3. The predicted octanol–water partition coefficient (Wildman–Crippen LogP) is 2.07. The van der Waals surface area contributed by atoms with Gasteiger partial charge in [0.15, 0.2) is 30.1 Å². The van der Waals surface area contributed by atoms with E-state index in [9.17, 15) is 23.6 Å². The lowest BCUT2D eigenvalue weighted by Crippen LogP contribution is -2.40. The number of carbonyl (C=O) groups is 3. The molecule has 2 heterocycles. The maximum atomic E-state index is 14.7. The van der Waals surface area contributed by atoms with Crippen LogP contribution in [0.4, 0.5) is 10.2 Å². The number of carbonyl (C=O) groups excluding carboxylic acids is 3. The molecule has 1 fully saturated rings. The lowest BCUT2D eigenvalue weighted by Gasteiger charge is -2.23. The Hall–Kier alpha value is -3.31.